The van der Waals surface area contributed by atoms with Crippen molar-refractivity contribution in [3.8, 4) is 0 Å². The molecule has 0 saturated carbocycles. The summed E-state index contributed by atoms with van der Waals surface area (Å²) in [6.07, 6.45) is 2.35. The third-order valence-electron chi connectivity index (χ3n) is 5.59. The normalized spacial score (nSPS) is 17.2. The number of benzene rings is 2. The highest BCUT2D eigenvalue weighted by atomic mass is 15.3. The Labute approximate surface area is 159 Å². The van der Waals surface area contributed by atoms with Gasteiger partial charge in [-0.25, -0.2) is 9.48 Å². The number of rotatable bonds is 3. The van der Waals surface area contributed by atoms with Crippen molar-refractivity contribution in [3.63, 3.8) is 0 Å². The molecule has 26 heavy (non-hydrogen) atoms. The van der Waals surface area contributed by atoms with Crippen LogP contribution in [0.1, 0.15) is 47.2 Å². The zero-order chi connectivity index (χ0) is 19.2. The monoisotopic (exact) mass is 349 g/mol. The van der Waals surface area contributed by atoms with Crippen LogP contribution >= 0.6 is 0 Å². The van der Waals surface area contributed by atoms with Gasteiger partial charge in [0.05, 0.1) is 0 Å². The van der Waals surface area contributed by atoms with Crippen molar-refractivity contribution in [2.24, 2.45) is 5.92 Å². The van der Waals surface area contributed by atoms with E-state index in [2.05, 4.69) is 95.5 Å². The van der Waals surface area contributed by atoms with Crippen LogP contribution in [0.25, 0.3) is 0 Å². The molecule has 0 bridgehead atoms. The quantitative estimate of drug-likeness (QED) is 0.639. The van der Waals surface area contributed by atoms with E-state index in [9.17, 15) is 0 Å². The second-order valence-corrected chi connectivity index (χ2v) is 8.48. The summed E-state index contributed by atoms with van der Waals surface area (Å²) in [5, 5.41) is 0. The summed E-state index contributed by atoms with van der Waals surface area (Å²) in [4.78, 5) is 2.52. The van der Waals surface area contributed by atoms with E-state index in [1.54, 1.807) is 0 Å². The van der Waals surface area contributed by atoms with E-state index in [1.807, 2.05) is 0 Å². The average molecular weight is 350 g/mol. The Kier molecular flexibility index (Phi) is 4.96. The SMILES string of the molecule is Cc1cc(C)c(N2C=[N+](c3c(C)cc(C)cc3C)CC2C(C)C)c(C)c1. The van der Waals surface area contributed by atoms with Gasteiger partial charge in [0.15, 0.2) is 0 Å². The Hall–Kier alpha value is -2.09. The molecule has 2 aromatic carbocycles. The second-order valence-electron chi connectivity index (χ2n) is 8.48. The van der Waals surface area contributed by atoms with Gasteiger partial charge in [0.25, 0.3) is 0 Å². The summed E-state index contributed by atoms with van der Waals surface area (Å²) < 4.78 is 2.47. The summed E-state index contributed by atoms with van der Waals surface area (Å²) in [6.45, 7) is 19.0. The number of hydrogen-bond acceptors (Lipinski definition) is 1. The molecule has 0 amide bonds. The average Bonchev–Trinajstić information content (AvgIpc) is 2.89. The van der Waals surface area contributed by atoms with E-state index in [0.717, 1.165) is 6.54 Å². The van der Waals surface area contributed by atoms with E-state index in [-0.39, 0.29) is 0 Å². The molecule has 2 aromatic rings. The van der Waals surface area contributed by atoms with E-state index < -0.39 is 0 Å². The Morgan fingerprint density at radius 2 is 1.27 bits per heavy atom. The molecule has 2 nitrogen and oxygen atoms in total. The molecule has 1 aliphatic heterocycles. The summed E-state index contributed by atoms with van der Waals surface area (Å²) in [6, 6.07) is 9.68. The van der Waals surface area contributed by atoms with E-state index in [4.69, 9.17) is 0 Å². The first-order valence-electron chi connectivity index (χ1n) is 9.74. The highest BCUT2D eigenvalue weighted by molar-refractivity contribution is 5.83. The Bertz CT molecular complexity index is 828. The van der Waals surface area contributed by atoms with Gasteiger partial charge < -0.3 is 0 Å². The van der Waals surface area contributed by atoms with E-state index in [1.165, 1.54) is 44.8 Å². The van der Waals surface area contributed by atoms with E-state index >= 15 is 0 Å². The lowest BCUT2D eigenvalue weighted by Crippen LogP contribution is -2.37. The highest BCUT2D eigenvalue weighted by Crippen LogP contribution is 2.34. The van der Waals surface area contributed by atoms with Crippen molar-refractivity contribution in [1.82, 2.24) is 0 Å². The van der Waals surface area contributed by atoms with Crippen LogP contribution in [0.15, 0.2) is 24.3 Å². The highest BCUT2D eigenvalue weighted by Gasteiger charge is 2.38. The summed E-state index contributed by atoms with van der Waals surface area (Å²) in [7, 11) is 0. The molecule has 0 N–H and O–H groups in total. The first kappa shape index (κ1) is 18.7. The van der Waals surface area contributed by atoms with Crippen LogP contribution in [-0.4, -0.2) is 23.5 Å². The molecule has 1 atom stereocenters. The molecule has 1 heterocycles. The van der Waals surface area contributed by atoms with Gasteiger partial charge in [-0.05, 0) is 69.7 Å². The molecule has 0 radical (unpaired) electrons. The van der Waals surface area contributed by atoms with Crippen LogP contribution in [0.3, 0.4) is 0 Å². The molecular formula is C24H33N2+. The minimum absolute atomic E-state index is 0.482. The van der Waals surface area contributed by atoms with Crippen molar-refractivity contribution in [1.29, 1.82) is 0 Å². The van der Waals surface area contributed by atoms with Gasteiger partial charge in [-0.3, -0.25) is 0 Å². The van der Waals surface area contributed by atoms with Crippen LogP contribution in [0, 0.1) is 47.5 Å². The number of nitrogens with zero attached hydrogens (tertiary/aromatic N) is 2. The van der Waals surface area contributed by atoms with Crippen molar-refractivity contribution in [2.75, 3.05) is 11.4 Å². The maximum Gasteiger partial charge on any atom is 0.245 e. The molecule has 1 unspecified atom stereocenters. The van der Waals surface area contributed by atoms with Gasteiger partial charge in [-0.2, -0.15) is 0 Å². The van der Waals surface area contributed by atoms with Gasteiger partial charge in [0.2, 0.25) is 6.34 Å². The standard InChI is InChI=1S/C24H33N2/c1-15(2)22-13-25(23-18(5)9-16(3)10-19(23)6)14-26(22)24-20(7)11-17(4)12-21(24)8/h9-12,14-15,22H,13H2,1-8H3/q+1. The maximum absolute atomic E-state index is 2.52. The Morgan fingerprint density at radius 3 is 1.73 bits per heavy atom. The predicted molar refractivity (Wildman–Crippen MR) is 113 cm³/mol. The van der Waals surface area contributed by atoms with Crippen molar-refractivity contribution < 1.29 is 4.58 Å². The van der Waals surface area contributed by atoms with Crippen LogP contribution in [0.5, 0.6) is 0 Å². The molecule has 1 aliphatic rings. The fourth-order valence-electron chi connectivity index (χ4n) is 4.68. The first-order valence-corrected chi connectivity index (χ1v) is 9.74. The number of aryl methyl sites for hydroxylation is 6. The zero-order valence-electron chi connectivity index (χ0n) is 17.6. The minimum atomic E-state index is 0.482. The zero-order valence-corrected chi connectivity index (χ0v) is 17.6. The lowest BCUT2D eigenvalue weighted by Gasteiger charge is -2.23. The number of hydrogen-bond donors (Lipinski definition) is 0. The van der Waals surface area contributed by atoms with Gasteiger partial charge in [0.1, 0.15) is 24.0 Å². The second kappa shape index (κ2) is 6.90. The lowest BCUT2D eigenvalue weighted by atomic mass is 9.99. The summed E-state index contributed by atoms with van der Waals surface area (Å²) >= 11 is 0. The van der Waals surface area contributed by atoms with Gasteiger partial charge in [-0.15, -0.1) is 0 Å². The van der Waals surface area contributed by atoms with Crippen LogP contribution in [-0.2, 0) is 0 Å². The molecular weight excluding hydrogens is 316 g/mol. The molecule has 0 saturated heterocycles. The third-order valence-corrected chi connectivity index (χ3v) is 5.59. The Balaban J connectivity index is 2.13. The third kappa shape index (κ3) is 3.30. The largest absolute Gasteiger partial charge is 0.245 e. The number of anilines is 1. The van der Waals surface area contributed by atoms with Crippen LogP contribution < -0.4 is 4.90 Å². The van der Waals surface area contributed by atoms with Crippen molar-refractivity contribution >= 4 is 17.7 Å². The smallest absolute Gasteiger partial charge is 0.229 e. The fraction of sp³-hybridized carbons (Fsp3) is 0.458. The fourth-order valence-corrected chi connectivity index (χ4v) is 4.68. The van der Waals surface area contributed by atoms with Crippen molar-refractivity contribution in [2.45, 2.75) is 61.4 Å². The maximum atomic E-state index is 2.52. The molecule has 138 valence electrons. The molecule has 0 fully saturated rings. The Morgan fingerprint density at radius 1 is 0.808 bits per heavy atom. The van der Waals surface area contributed by atoms with Crippen LogP contribution in [0.2, 0.25) is 0 Å². The van der Waals surface area contributed by atoms with Crippen LogP contribution in [0.4, 0.5) is 11.4 Å². The lowest BCUT2D eigenvalue weighted by molar-refractivity contribution is -0.430. The molecule has 3 rings (SSSR count). The summed E-state index contributed by atoms with van der Waals surface area (Å²) in [5.74, 6) is 0.586. The molecule has 2 heteroatoms. The molecule has 0 aliphatic carbocycles. The van der Waals surface area contributed by atoms with E-state index in [0.29, 0.717) is 12.0 Å². The summed E-state index contributed by atoms with van der Waals surface area (Å²) in [5.41, 5.74) is 10.9. The molecule has 0 aromatic heterocycles. The first-order chi connectivity index (χ1) is 12.2. The van der Waals surface area contributed by atoms with Gasteiger partial charge in [0, 0.05) is 0 Å². The van der Waals surface area contributed by atoms with Gasteiger partial charge in [-0.1, -0.05) is 49.2 Å². The topological polar surface area (TPSA) is 6.25 Å². The predicted octanol–water partition coefficient (Wildman–Crippen LogP) is 5.75. The van der Waals surface area contributed by atoms with Crippen molar-refractivity contribution in [3.05, 3.63) is 57.6 Å². The molecule has 0 spiro atoms. The van der Waals surface area contributed by atoms with Gasteiger partial charge >= 0.3 is 0 Å². The minimum Gasteiger partial charge on any atom is -0.229 e.